The maximum atomic E-state index is 5.81. The molecule has 1 aliphatic heterocycles. The minimum atomic E-state index is -0.254. The van der Waals surface area contributed by atoms with Crippen LogP contribution >= 0.6 is 12.2 Å². The van der Waals surface area contributed by atoms with Gasteiger partial charge in [0.2, 0.25) is 5.82 Å². The molecule has 0 aliphatic carbocycles. The van der Waals surface area contributed by atoms with E-state index >= 15 is 0 Å². The first kappa shape index (κ1) is 24.7. The highest BCUT2D eigenvalue weighted by atomic mass is 32.1. The fraction of sp³-hybridized carbons (Fsp3) is 0.346. The Morgan fingerprint density at radius 3 is 2.63 bits per heavy atom. The molecule has 8 nitrogen and oxygen atoms in total. The van der Waals surface area contributed by atoms with E-state index in [0.29, 0.717) is 36.6 Å². The standard InChI is InChI=1S/C26H30N4O4S/c1-5-33-20-12-10-18(11-13-20)23-22(17(2)30(26(35)27-23)14-7-15-31-3)25-28-24(29-34-25)19-8-6-9-21(16-19)32-4/h6,8-13,16,23H,5,7,14-15H2,1-4H3,(H,27,35). The van der Waals surface area contributed by atoms with E-state index < -0.39 is 0 Å². The van der Waals surface area contributed by atoms with Crippen molar-refractivity contribution in [3.05, 3.63) is 65.7 Å². The van der Waals surface area contributed by atoms with Crippen LogP contribution < -0.4 is 14.8 Å². The van der Waals surface area contributed by atoms with Crippen molar-refractivity contribution < 1.29 is 18.7 Å². The van der Waals surface area contributed by atoms with E-state index in [-0.39, 0.29) is 6.04 Å². The summed E-state index contributed by atoms with van der Waals surface area (Å²) in [4.78, 5) is 6.82. The highest BCUT2D eigenvalue weighted by molar-refractivity contribution is 7.80. The predicted octanol–water partition coefficient (Wildman–Crippen LogP) is 4.84. The van der Waals surface area contributed by atoms with Crippen LogP contribution in [0, 0.1) is 0 Å². The molecule has 1 N–H and O–H groups in total. The molecule has 2 heterocycles. The van der Waals surface area contributed by atoms with Gasteiger partial charge in [-0.25, -0.2) is 0 Å². The van der Waals surface area contributed by atoms with Gasteiger partial charge in [-0.2, -0.15) is 4.98 Å². The third-order valence-corrected chi connectivity index (χ3v) is 6.17. The lowest BCUT2D eigenvalue weighted by molar-refractivity contribution is 0.188. The Labute approximate surface area is 210 Å². The van der Waals surface area contributed by atoms with E-state index in [2.05, 4.69) is 15.4 Å². The quantitative estimate of drug-likeness (QED) is 0.314. The van der Waals surface area contributed by atoms with E-state index in [1.807, 2.05) is 62.4 Å². The molecule has 0 amide bonds. The third kappa shape index (κ3) is 5.47. The van der Waals surface area contributed by atoms with Crippen LogP contribution in [0.2, 0.25) is 0 Å². The summed E-state index contributed by atoms with van der Waals surface area (Å²) in [6, 6.07) is 15.3. The molecule has 0 saturated carbocycles. The molecule has 0 bridgehead atoms. The topological polar surface area (TPSA) is 81.9 Å². The van der Waals surface area contributed by atoms with Gasteiger partial charge in [-0.15, -0.1) is 0 Å². The van der Waals surface area contributed by atoms with Gasteiger partial charge in [-0.3, -0.25) is 0 Å². The summed E-state index contributed by atoms with van der Waals surface area (Å²) in [5, 5.41) is 8.39. The van der Waals surface area contributed by atoms with Gasteiger partial charge in [0, 0.05) is 31.5 Å². The number of nitrogens with zero attached hydrogens (tertiary/aromatic N) is 3. The van der Waals surface area contributed by atoms with Crippen LogP contribution in [0.15, 0.2) is 58.8 Å². The highest BCUT2D eigenvalue weighted by Gasteiger charge is 2.34. The molecule has 3 aromatic rings. The number of hydrogen-bond donors (Lipinski definition) is 1. The number of thiocarbonyl (C=S) groups is 1. The molecule has 35 heavy (non-hydrogen) atoms. The average Bonchev–Trinajstić information content (AvgIpc) is 3.36. The van der Waals surface area contributed by atoms with Gasteiger partial charge in [0.1, 0.15) is 11.5 Å². The first-order valence-electron chi connectivity index (χ1n) is 11.5. The van der Waals surface area contributed by atoms with Gasteiger partial charge in [0.05, 0.1) is 25.3 Å². The molecule has 1 atom stereocenters. The average molecular weight is 495 g/mol. The predicted molar refractivity (Wildman–Crippen MR) is 138 cm³/mol. The Balaban J connectivity index is 1.74. The molecular formula is C26H30N4O4S. The van der Waals surface area contributed by atoms with Gasteiger partial charge >= 0.3 is 0 Å². The fourth-order valence-electron chi connectivity index (χ4n) is 4.08. The normalized spacial score (nSPS) is 15.8. The monoisotopic (exact) mass is 494 g/mol. The SMILES string of the molecule is CCOc1ccc(C2NC(=S)N(CCCOC)C(C)=C2c2nc(-c3cccc(OC)c3)no2)cc1. The number of rotatable bonds is 10. The van der Waals surface area contributed by atoms with E-state index in [1.165, 1.54) is 0 Å². The minimum Gasteiger partial charge on any atom is -0.497 e. The Morgan fingerprint density at radius 2 is 1.91 bits per heavy atom. The molecule has 4 rings (SSSR count). The Bertz CT molecular complexity index is 1190. The van der Waals surface area contributed by atoms with Crippen molar-refractivity contribution in [3.63, 3.8) is 0 Å². The summed E-state index contributed by atoms with van der Waals surface area (Å²) in [6.45, 7) is 5.96. The first-order chi connectivity index (χ1) is 17.0. The number of hydrogen-bond acceptors (Lipinski definition) is 7. The van der Waals surface area contributed by atoms with Crippen LogP contribution in [0.5, 0.6) is 11.5 Å². The van der Waals surface area contributed by atoms with Gasteiger partial charge in [-0.05, 0) is 62.3 Å². The van der Waals surface area contributed by atoms with Gasteiger partial charge in [-0.1, -0.05) is 29.4 Å². The van der Waals surface area contributed by atoms with Crippen molar-refractivity contribution in [1.29, 1.82) is 0 Å². The number of benzene rings is 2. The summed E-state index contributed by atoms with van der Waals surface area (Å²) in [5.41, 5.74) is 3.67. The summed E-state index contributed by atoms with van der Waals surface area (Å²) < 4.78 is 22.0. The second-order valence-electron chi connectivity index (χ2n) is 8.04. The van der Waals surface area contributed by atoms with Crippen molar-refractivity contribution in [1.82, 2.24) is 20.4 Å². The summed E-state index contributed by atoms with van der Waals surface area (Å²) in [6.07, 6.45) is 0.829. The van der Waals surface area contributed by atoms with Gasteiger partial charge in [0.25, 0.3) is 5.89 Å². The van der Waals surface area contributed by atoms with Crippen molar-refractivity contribution in [2.45, 2.75) is 26.3 Å². The molecule has 1 aromatic heterocycles. The summed E-state index contributed by atoms with van der Waals surface area (Å²) >= 11 is 5.75. The third-order valence-electron chi connectivity index (χ3n) is 5.84. The Kier molecular flexibility index (Phi) is 7.99. The van der Waals surface area contributed by atoms with Crippen molar-refractivity contribution in [2.75, 3.05) is 34.0 Å². The van der Waals surface area contributed by atoms with Gasteiger partial charge < -0.3 is 29.0 Å². The van der Waals surface area contributed by atoms with E-state index in [1.54, 1.807) is 14.2 Å². The molecule has 0 radical (unpaired) electrons. The van der Waals surface area contributed by atoms with Crippen LogP contribution in [-0.4, -0.2) is 54.1 Å². The summed E-state index contributed by atoms with van der Waals surface area (Å²) in [5.74, 6) is 2.47. The molecule has 0 fully saturated rings. The van der Waals surface area contributed by atoms with Crippen LogP contribution in [-0.2, 0) is 4.74 Å². The summed E-state index contributed by atoms with van der Waals surface area (Å²) in [7, 11) is 3.33. The van der Waals surface area contributed by atoms with Crippen molar-refractivity contribution in [3.8, 4) is 22.9 Å². The van der Waals surface area contributed by atoms with Crippen molar-refractivity contribution in [2.24, 2.45) is 0 Å². The zero-order chi connectivity index (χ0) is 24.8. The molecular weight excluding hydrogens is 464 g/mol. The lowest BCUT2D eigenvalue weighted by atomic mass is 9.94. The number of ether oxygens (including phenoxy) is 3. The Hall–Kier alpha value is -3.43. The lowest BCUT2D eigenvalue weighted by Gasteiger charge is -2.37. The van der Waals surface area contributed by atoms with E-state index in [9.17, 15) is 0 Å². The number of nitrogens with one attached hydrogen (secondary N) is 1. The lowest BCUT2D eigenvalue weighted by Crippen LogP contribution is -2.46. The number of methoxy groups -OCH3 is 2. The first-order valence-corrected chi connectivity index (χ1v) is 12.0. The maximum absolute atomic E-state index is 5.81. The smallest absolute Gasteiger partial charge is 0.258 e. The molecule has 1 unspecified atom stereocenters. The van der Waals surface area contributed by atoms with E-state index in [4.69, 9.17) is 35.9 Å². The molecule has 0 spiro atoms. The van der Waals surface area contributed by atoms with Crippen LogP contribution in [0.3, 0.4) is 0 Å². The molecule has 184 valence electrons. The highest BCUT2D eigenvalue weighted by Crippen LogP contribution is 2.38. The van der Waals surface area contributed by atoms with E-state index in [0.717, 1.165) is 40.3 Å². The largest absolute Gasteiger partial charge is 0.497 e. The maximum Gasteiger partial charge on any atom is 0.258 e. The second-order valence-corrected chi connectivity index (χ2v) is 8.42. The van der Waals surface area contributed by atoms with Gasteiger partial charge in [0.15, 0.2) is 5.11 Å². The molecule has 0 saturated heterocycles. The number of allylic oxidation sites excluding steroid dienone is 1. The van der Waals surface area contributed by atoms with Crippen molar-refractivity contribution >= 4 is 22.9 Å². The van der Waals surface area contributed by atoms with Crippen LogP contribution in [0.4, 0.5) is 0 Å². The Morgan fingerprint density at radius 1 is 1.11 bits per heavy atom. The zero-order valence-corrected chi connectivity index (χ0v) is 21.2. The second kappa shape index (κ2) is 11.3. The fourth-order valence-corrected chi connectivity index (χ4v) is 4.43. The van der Waals surface area contributed by atoms with Crippen LogP contribution in [0.1, 0.15) is 37.8 Å². The zero-order valence-electron chi connectivity index (χ0n) is 20.4. The molecule has 9 heteroatoms. The molecule has 2 aromatic carbocycles. The number of aromatic nitrogens is 2. The molecule has 1 aliphatic rings. The van der Waals surface area contributed by atoms with Crippen LogP contribution in [0.25, 0.3) is 17.0 Å². The minimum absolute atomic E-state index is 0.254.